The van der Waals surface area contributed by atoms with E-state index >= 15 is 0 Å². The molecule has 0 aliphatic carbocycles. The number of rotatable bonds is 4. The molecule has 0 bridgehead atoms. The quantitative estimate of drug-likeness (QED) is 0.672. The van der Waals surface area contributed by atoms with Gasteiger partial charge < -0.3 is 15.7 Å². The Balaban J connectivity index is 1.84. The summed E-state index contributed by atoms with van der Waals surface area (Å²) in [5, 5.41) is 16.5. The summed E-state index contributed by atoms with van der Waals surface area (Å²) in [7, 11) is 0. The highest BCUT2D eigenvalue weighted by Gasteiger charge is 2.24. The van der Waals surface area contributed by atoms with Crippen molar-refractivity contribution >= 4 is 23.2 Å². The molecule has 1 fully saturated rings. The molecule has 2 heterocycles. The van der Waals surface area contributed by atoms with E-state index in [0.717, 1.165) is 0 Å². The van der Waals surface area contributed by atoms with E-state index in [9.17, 15) is 9.59 Å². The third-order valence-electron chi connectivity index (χ3n) is 2.34. The molecule has 0 spiro atoms. The molecule has 16 heavy (non-hydrogen) atoms. The predicted octanol–water partition coefficient (Wildman–Crippen LogP) is -0.323. The van der Waals surface area contributed by atoms with Crippen LogP contribution in [0.25, 0.3) is 0 Å². The van der Waals surface area contributed by atoms with Crippen LogP contribution in [0, 0.1) is 5.92 Å². The van der Waals surface area contributed by atoms with Crippen molar-refractivity contribution in [1.29, 1.82) is 0 Å². The van der Waals surface area contributed by atoms with Crippen LogP contribution in [0.2, 0.25) is 0 Å². The van der Waals surface area contributed by atoms with Crippen molar-refractivity contribution in [2.75, 3.05) is 13.1 Å². The number of nitrogens with one attached hydrogen (secondary N) is 2. The van der Waals surface area contributed by atoms with Crippen molar-refractivity contribution in [1.82, 2.24) is 15.6 Å². The van der Waals surface area contributed by atoms with Crippen LogP contribution < -0.4 is 10.6 Å². The molecule has 0 aromatic carbocycles. The van der Waals surface area contributed by atoms with Crippen LogP contribution >= 0.6 is 11.3 Å². The molecular weight excluding hydrogens is 230 g/mol. The second kappa shape index (κ2) is 4.58. The fourth-order valence-corrected chi connectivity index (χ4v) is 1.98. The first-order valence-electron chi connectivity index (χ1n) is 4.83. The number of aromatic nitrogens is 1. The third-order valence-corrected chi connectivity index (χ3v) is 3.19. The molecule has 1 aromatic rings. The van der Waals surface area contributed by atoms with E-state index in [4.69, 9.17) is 5.11 Å². The van der Waals surface area contributed by atoms with Gasteiger partial charge in [0.25, 0.3) is 0 Å². The molecule has 7 heteroatoms. The van der Waals surface area contributed by atoms with Crippen molar-refractivity contribution in [3.8, 4) is 0 Å². The lowest BCUT2D eigenvalue weighted by atomic mass is 10.0. The van der Waals surface area contributed by atoms with Gasteiger partial charge >= 0.3 is 5.97 Å². The number of carboxylic acids is 1. The maximum Gasteiger partial charge on any atom is 0.355 e. The summed E-state index contributed by atoms with van der Waals surface area (Å²) in [5.41, 5.74) is 0.0274. The fourth-order valence-electron chi connectivity index (χ4n) is 1.27. The summed E-state index contributed by atoms with van der Waals surface area (Å²) >= 11 is 1.23. The van der Waals surface area contributed by atoms with Gasteiger partial charge in [-0.25, -0.2) is 9.78 Å². The van der Waals surface area contributed by atoms with Crippen LogP contribution in [-0.2, 0) is 11.3 Å². The second-order valence-corrected chi connectivity index (χ2v) is 4.45. The molecule has 1 aromatic heterocycles. The largest absolute Gasteiger partial charge is 0.476 e. The normalized spacial score (nSPS) is 15.5. The van der Waals surface area contributed by atoms with Crippen molar-refractivity contribution in [3.05, 3.63) is 16.1 Å². The number of carboxylic acid groups (broad SMARTS) is 1. The van der Waals surface area contributed by atoms with E-state index in [1.165, 1.54) is 16.7 Å². The molecule has 3 N–H and O–H groups in total. The van der Waals surface area contributed by atoms with Gasteiger partial charge in [-0.15, -0.1) is 11.3 Å². The standard InChI is InChI=1S/C9H11N3O3S/c13-8(5-1-10-2-5)11-3-7-12-6(4-16-7)9(14)15/h4-5,10H,1-3H2,(H,11,13)(H,14,15). The summed E-state index contributed by atoms with van der Waals surface area (Å²) in [6, 6.07) is 0. The molecule has 0 unspecified atom stereocenters. The van der Waals surface area contributed by atoms with E-state index in [2.05, 4.69) is 15.6 Å². The smallest absolute Gasteiger partial charge is 0.355 e. The van der Waals surface area contributed by atoms with Gasteiger partial charge in [0, 0.05) is 18.5 Å². The minimum atomic E-state index is -1.04. The van der Waals surface area contributed by atoms with Gasteiger partial charge in [-0.3, -0.25) is 4.79 Å². The van der Waals surface area contributed by atoms with Gasteiger partial charge in [0.05, 0.1) is 12.5 Å². The van der Waals surface area contributed by atoms with E-state index in [1.807, 2.05) is 0 Å². The highest BCUT2D eigenvalue weighted by molar-refractivity contribution is 7.09. The Morgan fingerprint density at radius 1 is 1.62 bits per heavy atom. The van der Waals surface area contributed by atoms with Crippen molar-refractivity contribution in [3.63, 3.8) is 0 Å². The summed E-state index contributed by atoms with van der Waals surface area (Å²) in [6.07, 6.45) is 0. The monoisotopic (exact) mass is 241 g/mol. The van der Waals surface area contributed by atoms with Crippen LogP contribution in [0.1, 0.15) is 15.5 Å². The predicted molar refractivity (Wildman–Crippen MR) is 57.3 cm³/mol. The Hall–Kier alpha value is -1.47. The molecule has 1 saturated heterocycles. The number of aromatic carboxylic acids is 1. The lowest BCUT2D eigenvalue weighted by Crippen LogP contribution is -2.50. The van der Waals surface area contributed by atoms with Crippen molar-refractivity contribution in [2.24, 2.45) is 5.92 Å². The molecule has 1 aliphatic heterocycles. The van der Waals surface area contributed by atoms with Crippen LogP contribution in [0.15, 0.2) is 5.38 Å². The Labute approximate surface area is 95.7 Å². The Bertz CT molecular complexity index is 414. The van der Waals surface area contributed by atoms with Crippen molar-refractivity contribution in [2.45, 2.75) is 6.54 Å². The lowest BCUT2D eigenvalue weighted by Gasteiger charge is -2.25. The van der Waals surface area contributed by atoms with Crippen LogP contribution in [0.4, 0.5) is 0 Å². The number of amides is 1. The van der Waals surface area contributed by atoms with Gasteiger partial charge in [0.1, 0.15) is 5.01 Å². The third kappa shape index (κ3) is 2.37. The highest BCUT2D eigenvalue weighted by Crippen LogP contribution is 2.10. The minimum absolute atomic E-state index is 0.00850. The zero-order chi connectivity index (χ0) is 11.5. The first-order valence-corrected chi connectivity index (χ1v) is 5.71. The lowest BCUT2D eigenvalue weighted by molar-refractivity contribution is -0.126. The Morgan fingerprint density at radius 2 is 2.38 bits per heavy atom. The van der Waals surface area contributed by atoms with E-state index < -0.39 is 5.97 Å². The topological polar surface area (TPSA) is 91.3 Å². The van der Waals surface area contributed by atoms with Crippen LogP contribution in [0.3, 0.4) is 0 Å². The van der Waals surface area contributed by atoms with Gasteiger partial charge in [0.15, 0.2) is 5.69 Å². The second-order valence-electron chi connectivity index (χ2n) is 3.50. The van der Waals surface area contributed by atoms with Gasteiger partial charge in [-0.2, -0.15) is 0 Å². The SMILES string of the molecule is O=C(O)c1csc(CNC(=O)C2CNC2)n1. The van der Waals surface area contributed by atoms with E-state index in [-0.39, 0.29) is 17.5 Å². The number of hydrogen-bond acceptors (Lipinski definition) is 5. The number of carbonyl (C=O) groups is 2. The number of thiazole rings is 1. The molecule has 1 aliphatic rings. The molecule has 0 radical (unpaired) electrons. The average molecular weight is 241 g/mol. The number of nitrogens with zero attached hydrogens (tertiary/aromatic N) is 1. The average Bonchev–Trinajstić information content (AvgIpc) is 2.60. The summed E-state index contributed by atoms with van der Waals surface area (Å²) < 4.78 is 0. The fraction of sp³-hybridized carbons (Fsp3) is 0.444. The first-order chi connectivity index (χ1) is 7.66. The maximum absolute atomic E-state index is 11.4. The summed E-state index contributed by atoms with van der Waals surface area (Å²) in [6.45, 7) is 1.72. The Morgan fingerprint density at radius 3 is 2.88 bits per heavy atom. The Kier molecular flexibility index (Phi) is 3.16. The molecular formula is C9H11N3O3S. The summed E-state index contributed by atoms with van der Waals surface area (Å²) in [4.78, 5) is 25.9. The van der Waals surface area contributed by atoms with E-state index in [1.54, 1.807) is 0 Å². The zero-order valence-electron chi connectivity index (χ0n) is 8.40. The van der Waals surface area contributed by atoms with Crippen molar-refractivity contribution < 1.29 is 14.7 Å². The zero-order valence-corrected chi connectivity index (χ0v) is 9.21. The van der Waals surface area contributed by atoms with E-state index in [0.29, 0.717) is 24.6 Å². The molecule has 2 rings (SSSR count). The van der Waals surface area contributed by atoms with Crippen LogP contribution in [0.5, 0.6) is 0 Å². The minimum Gasteiger partial charge on any atom is -0.476 e. The molecule has 0 atom stereocenters. The molecule has 0 saturated carbocycles. The molecule has 6 nitrogen and oxygen atoms in total. The number of hydrogen-bond donors (Lipinski definition) is 3. The molecule has 86 valence electrons. The number of carbonyl (C=O) groups excluding carboxylic acids is 1. The van der Waals surface area contributed by atoms with Gasteiger partial charge in [-0.05, 0) is 0 Å². The molecule has 1 amide bonds. The summed E-state index contributed by atoms with van der Waals surface area (Å²) in [5.74, 6) is -1.01. The highest BCUT2D eigenvalue weighted by atomic mass is 32.1. The maximum atomic E-state index is 11.4. The van der Waals surface area contributed by atoms with Gasteiger partial charge in [0.2, 0.25) is 5.91 Å². The first kappa shape index (κ1) is 11.0. The van der Waals surface area contributed by atoms with Crippen LogP contribution in [-0.4, -0.2) is 35.1 Å². The van der Waals surface area contributed by atoms with Gasteiger partial charge in [-0.1, -0.05) is 0 Å².